The molecule has 6 heteroatoms. The quantitative estimate of drug-likeness (QED) is 0.707. The number of ether oxygens (including phenoxy) is 1. The Morgan fingerprint density at radius 1 is 1.06 bits per heavy atom. The zero-order valence-corrected chi connectivity index (χ0v) is 11.2. The number of carbonyl (C=O) groups excluding carboxylic acids is 1. The van der Waals surface area contributed by atoms with E-state index in [1.165, 1.54) is 0 Å². The van der Waals surface area contributed by atoms with Crippen LogP contribution in [0.2, 0.25) is 0 Å². The minimum absolute atomic E-state index is 0.000753. The van der Waals surface area contributed by atoms with E-state index in [0.717, 1.165) is 25.7 Å². The minimum Gasteiger partial charge on any atom is -0.465 e. The van der Waals surface area contributed by atoms with Gasteiger partial charge in [-0.15, -0.1) is 0 Å². The molecule has 0 aromatic carbocycles. The van der Waals surface area contributed by atoms with Crippen molar-refractivity contribution in [1.29, 1.82) is 0 Å². The Bertz CT molecular complexity index is 304. The molecule has 1 fully saturated rings. The van der Waals surface area contributed by atoms with Crippen molar-refractivity contribution >= 4 is 12.2 Å². The SMILES string of the molecule is CC(C)(C)OC(=O)N[C@H]1CC[C@@H](NC(=O)O)CC1. The first-order valence-electron chi connectivity index (χ1n) is 6.25. The fourth-order valence-electron chi connectivity index (χ4n) is 2.03. The lowest BCUT2D eigenvalue weighted by Crippen LogP contribution is -2.44. The molecule has 0 atom stereocenters. The summed E-state index contributed by atoms with van der Waals surface area (Å²) in [7, 11) is 0. The van der Waals surface area contributed by atoms with Gasteiger partial charge in [0.05, 0.1) is 0 Å². The minimum atomic E-state index is -0.987. The largest absolute Gasteiger partial charge is 0.465 e. The van der Waals surface area contributed by atoms with Crippen molar-refractivity contribution in [1.82, 2.24) is 10.6 Å². The normalized spacial score (nSPS) is 24.2. The number of alkyl carbamates (subject to hydrolysis) is 1. The van der Waals surface area contributed by atoms with Crippen molar-refractivity contribution in [2.45, 2.75) is 64.1 Å². The lowest BCUT2D eigenvalue weighted by molar-refractivity contribution is 0.0489. The first-order valence-corrected chi connectivity index (χ1v) is 6.25. The molecule has 3 N–H and O–H groups in total. The van der Waals surface area contributed by atoms with Crippen LogP contribution in [0, 0.1) is 0 Å². The van der Waals surface area contributed by atoms with E-state index in [1.807, 2.05) is 20.8 Å². The predicted molar refractivity (Wildman–Crippen MR) is 66.6 cm³/mol. The molecule has 0 aromatic rings. The van der Waals surface area contributed by atoms with E-state index in [1.54, 1.807) is 0 Å². The smallest absolute Gasteiger partial charge is 0.407 e. The van der Waals surface area contributed by atoms with Gasteiger partial charge in [0.15, 0.2) is 0 Å². The fraction of sp³-hybridized carbons (Fsp3) is 0.833. The molecule has 2 amide bonds. The van der Waals surface area contributed by atoms with Gasteiger partial charge in [-0.3, -0.25) is 0 Å². The van der Waals surface area contributed by atoms with Crippen LogP contribution in [0.15, 0.2) is 0 Å². The van der Waals surface area contributed by atoms with Crippen LogP contribution in [0.1, 0.15) is 46.5 Å². The Hall–Kier alpha value is -1.46. The van der Waals surface area contributed by atoms with E-state index in [0.29, 0.717) is 0 Å². The first kappa shape index (κ1) is 14.6. The van der Waals surface area contributed by atoms with Gasteiger partial charge in [-0.1, -0.05) is 0 Å². The molecule has 0 unspecified atom stereocenters. The van der Waals surface area contributed by atoms with Crippen molar-refractivity contribution in [2.24, 2.45) is 0 Å². The van der Waals surface area contributed by atoms with Crippen LogP contribution < -0.4 is 10.6 Å². The summed E-state index contributed by atoms with van der Waals surface area (Å²) in [6.45, 7) is 5.46. The summed E-state index contributed by atoms with van der Waals surface area (Å²) >= 11 is 0. The van der Waals surface area contributed by atoms with Gasteiger partial charge in [-0.05, 0) is 46.5 Å². The Kier molecular flexibility index (Phi) is 4.81. The van der Waals surface area contributed by atoms with Gasteiger partial charge in [0.25, 0.3) is 0 Å². The summed E-state index contributed by atoms with van der Waals surface area (Å²) < 4.78 is 5.17. The standard InChI is InChI=1S/C12H22N2O4/c1-12(2,3)18-11(17)14-9-6-4-8(5-7-9)13-10(15)16/h8-9,13H,4-7H2,1-3H3,(H,14,17)(H,15,16)/t8-,9+. The van der Waals surface area contributed by atoms with Gasteiger partial charge in [0.1, 0.15) is 5.60 Å². The second kappa shape index (κ2) is 5.93. The van der Waals surface area contributed by atoms with Crippen LogP contribution in [0.25, 0.3) is 0 Å². The maximum Gasteiger partial charge on any atom is 0.407 e. The average Bonchev–Trinajstić information content (AvgIpc) is 2.17. The Morgan fingerprint density at radius 3 is 1.89 bits per heavy atom. The second-order valence-corrected chi connectivity index (χ2v) is 5.64. The number of carboxylic acid groups (broad SMARTS) is 1. The lowest BCUT2D eigenvalue weighted by atomic mass is 9.91. The molecule has 0 radical (unpaired) electrons. The van der Waals surface area contributed by atoms with Crippen molar-refractivity contribution in [3.8, 4) is 0 Å². The van der Waals surface area contributed by atoms with Crippen LogP contribution in [-0.4, -0.2) is 35.0 Å². The van der Waals surface area contributed by atoms with E-state index in [4.69, 9.17) is 9.84 Å². The molecule has 1 saturated carbocycles. The van der Waals surface area contributed by atoms with E-state index in [2.05, 4.69) is 10.6 Å². The molecule has 18 heavy (non-hydrogen) atoms. The molecular weight excluding hydrogens is 236 g/mol. The molecule has 0 aliphatic heterocycles. The van der Waals surface area contributed by atoms with E-state index in [9.17, 15) is 9.59 Å². The first-order chi connectivity index (χ1) is 8.26. The van der Waals surface area contributed by atoms with Crippen molar-refractivity contribution in [3.63, 3.8) is 0 Å². The molecule has 104 valence electrons. The molecule has 1 rings (SSSR count). The van der Waals surface area contributed by atoms with Crippen molar-refractivity contribution < 1.29 is 19.4 Å². The van der Waals surface area contributed by atoms with E-state index in [-0.39, 0.29) is 12.1 Å². The van der Waals surface area contributed by atoms with Crippen LogP contribution in [0.5, 0.6) is 0 Å². The summed E-state index contributed by atoms with van der Waals surface area (Å²) in [5.74, 6) is 0. The fourth-order valence-corrected chi connectivity index (χ4v) is 2.03. The van der Waals surface area contributed by atoms with Gasteiger partial charge >= 0.3 is 12.2 Å². The molecule has 0 aromatic heterocycles. The Morgan fingerprint density at radius 2 is 1.50 bits per heavy atom. The third-order valence-electron chi connectivity index (χ3n) is 2.78. The van der Waals surface area contributed by atoms with Gasteiger partial charge in [0.2, 0.25) is 0 Å². The zero-order valence-electron chi connectivity index (χ0n) is 11.2. The number of rotatable bonds is 2. The molecular formula is C12H22N2O4. The topological polar surface area (TPSA) is 87.7 Å². The Labute approximate surface area is 107 Å². The van der Waals surface area contributed by atoms with Crippen LogP contribution in [0.4, 0.5) is 9.59 Å². The molecule has 1 aliphatic rings. The maximum atomic E-state index is 11.5. The number of nitrogens with one attached hydrogen (secondary N) is 2. The monoisotopic (exact) mass is 258 g/mol. The van der Waals surface area contributed by atoms with Crippen LogP contribution in [0.3, 0.4) is 0 Å². The number of carbonyl (C=O) groups is 2. The van der Waals surface area contributed by atoms with Gasteiger partial charge < -0.3 is 20.5 Å². The molecule has 6 nitrogen and oxygen atoms in total. The van der Waals surface area contributed by atoms with Crippen molar-refractivity contribution in [2.75, 3.05) is 0 Å². The lowest BCUT2D eigenvalue weighted by Gasteiger charge is -2.29. The number of hydrogen-bond donors (Lipinski definition) is 3. The van der Waals surface area contributed by atoms with Gasteiger partial charge in [-0.25, -0.2) is 9.59 Å². The third kappa shape index (κ3) is 5.75. The van der Waals surface area contributed by atoms with E-state index >= 15 is 0 Å². The zero-order chi connectivity index (χ0) is 13.8. The molecule has 0 spiro atoms. The second-order valence-electron chi connectivity index (χ2n) is 5.64. The molecule has 1 aliphatic carbocycles. The molecule has 0 heterocycles. The highest BCUT2D eigenvalue weighted by Crippen LogP contribution is 2.19. The highest BCUT2D eigenvalue weighted by molar-refractivity contribution is 5.68. The summed E-state index contributed by atoms with van der Waals surface area (Å²) in [4.78, 5) is 22.0. The summed E-state index contributed by atoms with van der Waals surface area (Å²) in [5, 5.41) is 13.9. The van der Waals surface area contributed by atoms with Crippen LogP contribution in [-0.2, 0) is 4.74 Å². The van der Waals surface area contributed by atoms with Gasteiger partial charge in [0, 0.05) is 12.1 Å². The summed E-state index contributed by atoms with van der Waals surface area (Å²) in [6, 6.07) is 0.0749. The summed E-state index contributed by atoms with van der Waals surface area (Å²) in [6.07, 6.45) is 1.63. The predicted octanol–water partition coefficient (Wildman–Crippen LogP) is 2.09. The van der Waals surface area contributed by atoms with E-state index < -0.39 is 17.8 Å². The number of amides is 2. The molecule has 0 saturated heterocycles. The maximum absolute atomic E-state index is 11.5. The van der Waals surface area contributed by atoms with Crippen molar-refractivity contribution in [3.05, 3.63) is 0 Å². The highest BCUT2D eigenvalue weighted by atomic mass is 16.6. The average molecular weight is 258 g/mol. The number of hydrogen-bond acceptors (Lipinski definition) is 3. The summed E-state index contributed by atoms with van der Waals surface area (Å²) in [5.41, 5.74) is -0.494. The highest BCUT2D eigenvalue weighted by Gasteiger charge is 2.25. The third-order valence-corrected chi connectivity index (χ3v) is 2.78. The van der Waals surface area contributed by atoms with Gasteiger partial charge in [-0.2, -0.15) is 0 Å². The molecule has 0 bridgehead atoms. The van der Waals surface area contributed by atoms with Crippen LogP contribution >= 0.6 is 0 Å². The Balaban J connectivity index is 2.27.